The van der Waals surface area contributed by atoms with Gasteiger partial charge in [-0.1, -0.05) is 17.7 Å². The fourth-order valence-electron chi connectivity index (χ4n) is 0.945. The molecule has 7 heteroatoms. The molecule has 0 bridgehead atoms. The van der Waals surface area contributed by atoms with E-state index < -0.39 is 10.1 Å². The minimum Gasteiger partial charge on any atom is -0.432 e. The van der Waals surface area contributed by atoms with Crippen LogP contribution in [0.25, 0.3) is 0 Å². The average Bonchev–Trinajstić information content (AvgIpc) is 2.69. The molecule has 0 saturated heterocycles. The van der Waals surface area contributed by atoms with E-state index in [1.54, 1.807) is 12.1 Å². The molecule has 0 atom stereocenters. The lowest BCUT2D eigenvalue weighted by atomic mass is 10.2. The zero-order valence-corrected chi connectivity index (χ0v) is 9.89. The van der Waals surface area contributed by atoms with Crippen LogP contribution in [-0.4, -0.2) is 18.0 Å². The second kappa shape index (κ2) is 5.46. The Kier molecular flexibility index (Phi) is 4.24. The summed E-state index contributed by atoms with van der Waals surface area (Å²) >= 11 is 0. The molecule has 0 unspecified atom stereocenters. The van der Waals surface area contributed by atoms with Crippen LogP contribution in [0, 0.1) is 6.92 Å². The highest BCUT2D eigenvalue weighted by molar-refractivity contribution is 7.85. The van der Waals surface area contributed by atoms with Crippen LogP contribution < -0.4 is 5.73 Å². The second-order valence-corrected chi connectivity index (χ2v) is 4.58. The highest BCUT2D eigenvalue weighted by Gasteiger charge is 2.06. The van der Waals surface area contributed by atoms with Gasteiger partial charge in [0.15, 0.2) is 0 Å². The predicted molar refractivity (Wildman–Crippen MR) is 61.9 cm³/mol. The number of rotatable bonds is 1. The van der Waals surface area contributed by atoms with Crippen LogP contribution in [-0.2, 0) is 10.1 Å². The molecule has 0 aliphatic rings. The monoisotopic (exact) mass is 256 g/mol. The number of benzene rings is 1. The first kappa shape index (κ1) is 13.2. The molecule has 92 valence electrons. The quantitative estimate of drug-likeness (QED) is 0.749. The third-order valence-corrected chi connectivity index (χ3v) is 2.64. The number of aromatic nitrogens is 1. The first-order valence-corrected chi connectivity index (χ1v) is 6.03. The highest BCUT2D eigenvalue weighted by Crippen LogP contribution is 2.08. The summed E-state index contributed by atoms with van der Waals surface area (Å²) in [6.45, 7) is 1.84. The zero-order valence-electron chi connectivity index (χ0n) is 9.07. The third-order valence-electron chi connectivity index (χ3n) is 1.77. The van der Waals surface area contributed by atoms with Gasteiger partial charge in [-0.25, -0.2) is 4.98 Å². The van der Waals surface area contributed by atoms with Crippen molar-refractivity contribution < 1.29 is 17.4 Å². The number of anilines is 1. The molecule has 0 fully saturated rings. The minimum atomic E-state index is -4.02. The summed E-state index contributed by atoms with van der Waals surface area (Å²) in [4.78, 5) is 3.46. The van der Waals surface area contributed by atoms with Crippen molar-refractivity contribution in [2.24, 2.45) is 0 Å². The van der Waals surface area contributed by atoms with Gasteiger partial charge in [-0.2, -0.15) is 8.42 Å². The first-order chi connectivity index (χ1) is 7.89. The topological polar surface area (TPSA) is 106 Å². The smallest absolute Gasteiger partial charge is 0.294 e. The molecule has 0 saturated carbocycles. The van der Waals surface area contributed by atoms with Gasteiger partial charge >= 0.3 is 0 Å². The van der Waals surface area contributed by atoms with E-state index in [-0.39, 0.29) is 10.9 Å². The van der Waals surface area contributed by atoms with Gasteiger partial charge in [-0.3, -0.25) is 4.55 Å². The van der Waals surface area contributed by atoms with E-state index in [2.05, 4.69) is 9.40 Å². The first-order valence-electron chi connectivity index (χ1n) is 4.59. The van der Waals surface area contributed by atoms with Crippen molar-refractivity contribution in [1.82, 2.24) is 4.98 Å². The normalized spacial score (nSPS) is 10.5. The summed E-state index contributed by atoms with van der Waals surface area (Å²) in [5.74, 6) is 0. The Hall–Kier alpha value is -1.86. The molecule has 6 nitrogen and oxygen atoms in total. The maximum absolute atomic E-state index is 10.5. The second-order valence-electron chi connectivity index (χ2n) is 3.16. The van der Waals surface area contributed by atoms with Gasteiger partial charge in [0.05, 0.1) is 11.1 Å². The molecule has 0 amide bonds. The highest BCUT2D eigenvalue weighted by atomic mass is 32.2. The Morgan fingerprint density at radius 3 is 2.18 bits per heavy atom. The number of nitrogen functional groups attached to an aromatic ring is 1. The molecule has 2 aromatic rings. The van der Waals surface area contributed by atoms with Crippen molar-refractivity contribution in [3.63, 3.8) is 0 Å². The number of hydrogen-bond donors (Lipinski definition) is 2. The van der Waals surface area contributed by atoms with Crippen molar-refractivity contribution in [2.45, 2.75) is 11.8 Å². The molecule has 0 radical (unpaired) electrons. The van der Waals surface area contributed by atoms with E-state index in [0.29, 0.717) is 0 Å². The summed E-state index contributed by atoms with van der Waals surface area (Å²) in [7, 11) is -4.02. The van der Waals surface area contributed by atoms with E-state index >= 15 is 0 Å². The maximum Gasteiger partial charge on any atom is 0.294 e. The summed E-state index contributed by atoms with van der Waals surface area (Å²) in [5, 5.41) is 0. The van der Waals surface area contributed by atoms with Gasteiger partial charge in [-0.15, -0.1) is 0 Å². The fraction of sp³-hybridized carbons (Fsp3) is 0.100. The third kappa shape index (κ3) is 4.66. The van der Waals surface area contributed by atoms with E-state index in [9.17, 15) is 8.42 Å². The molecule has 17 heavy (non-hydrogen) atoms. The lowest BCUT2D eigenvalue weighted by Gasteiger charge is -1.95. The molecule has 0 aliphatic heterocycles. The lowest BCUT2D eigenvalue weighted by Crippen LogP contribution is -1.96. The van der Waals surface area contributed by atoms with Crippen LogP contribution >= 0.6 is 0 Å². The minimum absolute atomic E-state index is 0.0666. The molecule has 0 spiro atoms. The van der Waals surface area contributed by atoms with Crippen molar-refractivity contribution in [1.29, 1.82) is 0 Å². The Morgan fingerprint density at radius 2 is 1.88 bits per heavy atom. The number of oxazole rings is 1. The van der Waals surface area contributed by atoms with E-state index in [1.165, 1.54) is 24.6 Å². The summed E-state index contributed by atoms with van der Waals surface area (Å²) in [5.41, 5.74) is 5.96. The SMILES string of the molecule is Cc1ccc(S(=O)(=O)O)cc1.Nc1ncco1. The molecule has 2 rings (SSSR count). The van der Waals surface area contributed by atoms with Crippen molar-refractivity contribution in [2.75, 3.05) is 5.73 Å². The Morgan fingerprint density at radius 1 is 1.29 bits per heavy atom. The zero-order chi connectivity index (χ0) is 12.9. The molecular formula is C10H12N2O4S. The molecule has 3 N–H and O–H groups in total. The summed E-state index contributed by atoms with van der Waals surface area (Å²) in [6, 6.07) is 6.21. The predicted octanol–water partition coefficient (Wildman–Crippen LogP) is 1.50. The van der Waals surface area contributed by atoms with Crippen LogP contribution in [0.4, 0.5) is 6.01 Å². The molecule has 1 aromatic heterocycles. The summed E-state index contributed by atoms with van der Waals surface area (Å²) < 4.78 is 34.1. The maximum atomic E-state index is 10.5. The van der Waals surface area contributed by atoms with Gasteiger partial charge in [0.25, 0.3) is 16.1 Å². The average molecular weight is 256 g/mol. The van der Waals surface area contributed by atoms with E-state index in [1.807, 2.05) is 6.92 Å². The van der Waals surface area contributed by atoms with Gasteiger partial charge in [-0.05, 0) is 19.1 Å². The number of hydrogen-bond acceptors (Lipinski definition) is 5. The Balaban J connectivity index is 0.000000202. The van der Waals surface area contributed by atoms with Gasteiger partial charge < -0.3 is 10.2 Å². The van der Waals surface area contributed by atoms with E-state index in [0.717, 1.165) is 5.56 Å². The van der Waals surface area contributed by atoms with E-state index in [4.69, 9.17) is 10.3 Å². The molecular weight excluding hydrogens is 244 g/mol. The van der Waals surface area contributed by atoms with Crippen molar-refractivity contribution >= 4 is 16.1 Å². The summed E-state index contributed by atoms with van der Waals surface area (Å²) in [6.07, 6.45) is 2.92. The number of nitrogens with zero attached hydrogens (tertiary/aromatic N) is 1. The van der Waals surface area contributed by atoms with Crippen LogP contribution in [0.3, 0.4) is 0 Å². The number of aryl methyl sites for hydroxylation is 1. The van der Waals surface area contributed by atoms with Crippen LogP contribution in [0.5, 0.6) is 0 Å². The van der Waals surface area contributed by atoms with Crippen LogP contribution in [0.15, 0.2) is 46.0 Å². The van der Waals surface area contributed by atoms with Gasteiger partial charge in [0.1, 0.15) is 6.26 Å². The molecule has 1 heterocycles. The van der Waals surface area contributed by atoms with Crippen LogP contribution in [0.2, 0.25) is 0 Å². The largest absolute Gasteiger partial charge is 0.432 e. The Labute approximate surface area is 98.8 Å². The van der Waals surface area contributed by atoms with Gasteiger partial charge in [0.2, 0.25) is 0 Å². The fourth-order valence-corrected chi connectivity index (χ4v) is 1.42. The lowest BCUT2D eigenvalue weighted by molar-refractivity contribution is 0.483. The molecule has 0 aliphatic carbocycles. The van der Waals surface area contributed by atoms with Crippen molar-refractivity contribution in [3.05, 3.63) is 42.3 Å². The molecule has 1 aromatic carbocycles. The van der Waals surface area contributed by atoms with Gasteiger partial charge in [0, 0.05) is 0 Å². The van der Waals surface area contributed by atoms with Crippen LogP contribution in [0.1, 0.15) is 5.56 Å². The number of nitrogens with two attached hydrogens (primary N) is 1. The standard InChI is InChI=1S/C7H8O3S.C3H4N2O/c1-6-2-4-7(5-3-6)11(8,9)10;4-3-5-1-2-6-3/h2-5H,1H3,(H,8,9,10);1-2H,(H2,4,5). The Bertz CT molecular complexity index is 547. The van der Waals surface area contributed by atoms with Crippen molar-refractivity contribution in [3.8, 4) is 0 Å².